The van der Waals surface area contributed by atoms with Gasteiger partial charge in [0.15, 0.2) is 5.78 Å². The molecule has 0 saturated carbocycles. The number of pyridine rings is 1. The van der Waals surface area contributed by atoms with E-state index < -0.39 is 0 Å². The maximum atomic E-state index is 11.2. The quantitative estimate of drug-likeness (QED) is 0.711. The van der Waals surface area contributed by atoms with Crippen molar-refractivity contribution in [3.8, 4) is 0 Å². The van der Waals surface area contributed by atoms with Crippen LogP contribution < -0.4 is 0 Å². The van der Waals surface area contributed by atoms with Gasteiger partial charge in [-0.25, -0.2) is 0 Å². The summed E-state index contributed by atoms with van der Waals surface area (Å²) in [5, 5.41) is 0. The largest absolute Gasteiger partial charge is 0.295 e. The zero-order valence-electron chi connectivity index (χ0n) is 8.07. The number of rotatable bonds is 2. The van der Waals surface area contributed by atoms with E-state index in [0.29, 0.717) is 6.42 Å². The van der Waals surface area contributed by atoms with E-state index in [-0.39, 0.29) is 5.78 Å². The summed E-state index contributed by atoms with van der Waals surface area (Å²) in [4.78, 5) is 15.4. The molecule has 0 radical (unpaired) electrons. The molecule has 1 aromatic heterocycles. The number of aromatic nitrogens is 1. The third-order valence-corrected chi connectivity index (χ3v) is 2.42. The molecular formula is C12H13NO. The van der Waals surface area contributed by atoms with E-state index in [1.54, 1.807) is 12.3 Å². The Balaban J connectivity index is 2.08. The molecular weight excluding hydrogens is 174 g/mol. The molecule has 0 atom stereocenters. The van der Waals surface area contributed by atoms with Crippen LogP contribution in [0.2, 0.25) is 0 Å². The first-order valence-electron chi connectivity index (χ1n) is 4.97. The molecule has 0 saturated heterocycles. The molecule has 0 bridgehead atoms. The molecule has 14 heavy (non-hydrogen) atoms. The Kier molecular flexibility index (Phi) is 2.73. The fourth-order valence-electron chi connectivity index (χ4n) is 1.74. The number of hydrogen-bond acceptors (Lipinski definition) is 2. The summed E-state index contributed by atoms with van der Waals surface area (Å²) < 4.78 is 0. The fraction of sp³-hybridized carbons (Fsp3) is 0.333. The van der Waals surface area contributed by atoms with Crippen LogP contribution >= 0.6 is 0 Å². The molecule has 2 heteroatoms. The molecule has 2 nitrogen and oxygen atoms in total. The third kappa shape index (κ3) is 2.28. The minimum absolute atomic E-state index is 0.266. The van der Waals surface area contributed by atoms with Crippen LogP contribution in [0.4, 0.5) is 0 Å². The van der Waals surface area contributed by atoms with Gasteiger partial charge in [0.05, 0.1) is 0 Å². The van der Waals surface area contributed by atoms with E-state index in [1.165, 1.54) is 5.57 Å². The Hall–Kier alpha value is -1.44. The van der Waals surface area contributed by atoms with Gasteiger partial charge in [-0.15, -0.1) is 0 Å². The van der Waals surface area contributed by atoms with Crippen molar-refractivity contribution < 1.29 is 4.79 Å². The number of nitrogens with zero attached hydrogens (tertiary/aromatic N) is 1. The second-order valence-corrected chi connectivity index (χ2v) is 3.62. The van der Waals surface area contributed by atoms with Crippen LogP contribution in [0, 0.1) is 0 Å². The lowest BCUT2D eigenvalue weighted by atomic mass is 9.95. The highest BCUT2D eigenvalue weighted by molar-refractivity contribution is 5.91. The first-order chi connectivity index (χ1) is 6.84. The first kappa shape index (κ1) is 9.13. The number of hydrogen-bond donors (Lipinski definition) is 0. The van der Waals surface area contributed by atoms with Gasteiger partial charge in [-0.3, -0.25) is 9.78 Å². The molecule has 0 fully saturated rings. The Morgan fingerprint density at radius 3 is 2.93 bits per heavy atom. The Morgan fingerprint density at radius 1 is 1.29 bits per heavy atom. The van der Waals surface area contributed by atoms with Crippen LogP contribution in [0.3, 0.4) is 0 Å². The maximum Gasteiger partial charge on any atom is 0.155 e. The fourth-order valence-corrected chi connectivity index (χ4v) is 1.74. The van der Waals surface area contributed by atoms with Gasteiger partial charge in [0.2, 0.25) is 0 Å². The van der Waals surface area contributed by atoms with Gasteiger partial charge in [0.1, 0.15) is 0 Å². The average molecular weight is 187 g/mol. The lowest BCUT2D eigenvalue weighted by molar-refractivity contribution is -0.115. The summed E-state index contributed by atoms with van der Waals surface area (Å²) in [5.41, 5.74) is 2.27. The van der Waals surface area contributed by atoms with Crippen LogP contribution in [0.15, 0.2) is 36.0 Å². The Bertz CT molecular complexity index is 354. The topological polar surface area (TPSA) is 30.0 Å². The SMILES string of the molecule is O=C1C=C(Cc2ccccn2)CCC1. The van der Waals surface area contributed by atoms with Crippen molar-refractivity contribution in [2.24, 2.45) is 0 Å². The second kappa shape index (κ2) is 4.18. The van der Waals surface area contributed by atoms with Crippen molar-refractivity contribution in [3.63, 3.8) is 0 Å². The molecule has 1 heterocycles. The zero-order chi connectivity index (χ0) is 9.80. The van der Waals surface area contributed by atoms with Crippen LogP contribution in [0.5, 0.6) is 0 Å². The predicted molar refractivity (Wildman–Crippen MR) is 54.9 cm³/mol. The maximum absolute atomic E-state index is 11.2. The van der Waals surface area contributed by atoms with Crippen LogP contribution in [-0.4, -0.2) is 10.8 Å². The van der Waals surface area contributed by atoms with Crippen molar-refractivity contribution in [2.45, 2.75) is 25.7 Å². The van der Waals surface area contributed by atoms with Crippen molar-refractivity contribution in [2.75, 3.05) is 0 Å². The summed E-state index contributed by atoms with van der Waals surface area (Å²) in [5.74, 6) is 0.266. The summed E-state index contributed by atoms with van der Waals surface area (Å²) in [6.45, 7) is 0. The highest BCUT2D eigenvalue weighted by atomic mass is 16.1. The average Bonchev–Trinajstić information content (AvgIpc) is 2.19. The lowest BCUT2D eigenvalue weighted by Gasteiger charge is -2.10. The number of carbonyl (C=O) groups excluding carboxylic acids is 1. The molecule has 72 valence electrons. The molecule has 2 rings (SSSR count). The van der Waals surface area contributed by atoms with Gasteiger partial charge >= 0.3 is 0 Å². The first-order valence-corrected chi connectivity index (χ1v) is 4.97. The third-order valence-electron chi connectivity index (χ3n) is 2.42. The molecule has 0 aromatic carbocycles. The van der Waals surface area contributed by atoms with Crippen molar-refractivity contribution in [1.82, 2.24) is 4.98 Å². The van der Waals surface area contributed by atoms with E-state index in [1.807, 2.05) is 18.2 Å². The predicted octanol–water partition coefficient (Wildman–Crippen LogP) is 2.30. The molecule has 0 aliphatic heterocycles. The monoisotopic (exact) mass is 187 g/mol. The van der Waals surface area contributed by atoms with Crippen LogP contribution in [0.1, 0.15) is 25.0 Å². The van der Waals surface area contributed by atoms with Crippen LogP contribution in [0.25, 0.3) is 0 Å². The zero-order valence-corrected chi connectivity index (χ0v) is 8.07. The van der Waals surface area contributed by atoms with Crippen LogP contribution in [-0.2, 0) is 11.2 Å². The van der Waals surface area contributed by atoms with Gasteiger partial charge in [0, 0.05) is 24.7 Å². The van der Waals surface area contributed by atoms with Crippen molar-refractivity contribution >= 4 is 5.78 Å². The molecule has 0 spiro atoms. The molecule has 1 aliphatic carbocycles. The normalized spacial score (nSPS) is 16.6. The summed E-state index contributed by atoms with van der Waals surface area (Å²) in [6.07, 6.45) is 7.16. The van der Waals surface area contributed by atoms with Gasteiger partial charge in [-0.1, -0.05) is 11.6 Å². The van der Waals surface area contributed by atoms with E-state index >= 15 is 0 Å². The number of allylic oxidation sites excluding steroid dienone is 2. The van der Waals surface area contributed by atoms with Gasteiger partial charge < -0.3 is 0 Å². The highest BCUT2D eigenvalue weighted by Crippen LogP contribution is 2.18. The molecule has 0 unspecified atom stereocenters. The Labute approximate surface area is 83.7 Å². The molecule has 0 amide bonds. The van der Waals surface area contributed by atoms with E-state index in [4.69, 9.17) is 0 Å². The summed E-state index contributed by atoms with van der Waals surface area (Å²) in [6, 6.07) is 5.89. The minimum Gasteiger partial charge on any atom is -0.295 e. The highest BCUT2D eigenvalue weighted by Gasteiger charge is 2.10. The number of ketones is 1. The van der Waals surface area contributed by atoms with Crippen molar-refractivity contribution in [1.29, 1.82) is 0 Å². The summed E-state index contributed by atoms with van der Waals surface area (Å²) in [7, 11) is 0. The standard InChI is InChI=1S/C12H13NO/c14-12-6-3-4-10(9-12)8-11-5-1-2-7-13-11/h1-2,5,7,9H,3-4,6,8H2. The molecule has 1 aliphatic rings. The Morgan fingerprint density at radius 2 is 2.21 bits per heavy atom. The smallest absolute Gasteiger partial charge is 0.155 e. The van der Waals surface area contributed by atoms with Gasteiger partial charge in [-0.05, 0) is 31.1 Å². The van der Waals surface area contributed by atoms with E-state index in [0.717, 1.165) is 25.0 Å². The number of carbonyl (C=O) groups is 1. The minimum atomic E-state index is 0.266. The lowest BCUT2D eigenvalue weighted by Crippen LogP contribution is -2.05. The molecule has 1 aromatic rings. The van der Waals surface area contributed by atoms with Gasteiger partial charge in [0.25, 0.3) is 0 Å². The second-order valence-electron chi connectivity index (χ2n) is 3.62. The van der Waals surface area contributed by atoms with Gasteiger partial charge in [-0.2, -0.15) is 0 Å². The van der Waals surface area contributed by atoms with E-state index in [2.05, 4.69) is 4.98 Å². The summed E-state index contributed by atoms with van der Waals surface area (Å²) >= 11 is 0. The molecule has 0 N–H and O–H groups in total. The van der Waals surface area contributed by atoms with E-state index in [9.17, 15) is 4.79 Å². The van der Waals surface area contributed by atoms with Crippen molar-refractivity contribution in [3.05, 3.63) is 41.7 Å².